The quantitative estimate of drug-likeness (QED) is 0.858. The summed E-state index contributed by atoms with van der Waals surface area (Å²) in [6.07, 6.45) is 0. The van der Waals surface area contributed by atoms with Crippen molar-refractivity contribution in [2.75, 3.05) is 13.7 Å². The Bertz CT molecular complexity index is 394. The first kappa shape index (κ1) is 16.9. The molecule has 0 fully saturated rings. The Morgan fingerprint density at radius 3 is 2.67 bits per heavy atom. The van der Waals surface area contributed by atoms with Gasteiger partial charge >= 0.3 is 0 Å². The molecule has 0 unspecified atom stereocenters. The van der Waals surface area contributed by atoms with Crippen molar-refractivity contribution in [3.05, 3.63) is 35.4 Å². The number of rotatable bonds is 5. The predicted molar refractivity (Wildman–Crippen MR) is 75.0 cm³/mol. The smallest absolute Gasteiger partial charge is 0.251 e. The zero-order valence-corrected chi connectivity index (χ0v) is 11.8. The highest BCUT2D eigenvalue weighted by molar-refractivity contribution is 5.94. The molecule has 0 saturated carbocycles. The van der Waals surface area contributed by atoms with Gasteiger partial charge < -0.3 is 15.8 Å². The van der Waals surface area contributed by atoms with Gasteiger partial charge in [-0.1, -0.05) is 12.1 Å². The van der Waals surface area contributed by atoms with Crippen LogP contribution in [0.15, 0.2) is 24.3 Å². The molecule has 4 nitrogen and oxygen atoms in total. The SMILES string of the molecule is COCc1cccc(C(=O)NC(C)(C)CN)c1.Cl. The third-order valence-electron chi connectivity index (χ3n) is 2.46. The van der Waals surface area contributed by atoms with Gasteiger partial charge in [0.05, 0.1) is 6.61 Å². The minimum absolute atomic E-state index is 0. The van der Waals surface area contributed by atoms with Crippen LogP contribution in [0.3, 0.4) is 0 Å². The van der Waals surface area contributed by atoms with Gasteiger partial charge in [0.1, 0.15) is 0 Å². The van der Waals surface area contributed by atoms with Crippen molar-refractivity contribution in [2.24, 2.45) is 5.73 Å². The van der Waals surface area contributed by atoms with E-state index in [0.717, 1.165) is 5.56 Å². The average Bonchev–Trinajstić information content (AvgIpc) is 2.29. The van der Waals surface area contributed by atoms with Gasteiger partial charge in [0.25, 0.3) is 5.91 Å². The standard InChI is InChI=1S/C13H20N2O2.ClH/c1-13(2,9-14)15-12(16)11-6-4-5-10(7-11)8-17-3;/h4-7H,8-9,14H2,1-3H3,(H,15,16);1H. The number of hydrogen-bond acceptors (Lipinski definition) is 3. The van der Waals surface area contributed by atoms with E-state index in [4.69, 9.17) is 10.5 Å². The van der Waals surface area contributed by atoms with Gasteiger partial charge in [-0.05, 0) is 31.5 Å². The highest BCUT2D eigenvalue weighted by Crippen LogP contribution is 2.08. The number of hydrogen-bond donors (Lipinski definition) is 2. The molecule has 0 spiro atoms. The number of halogens is 1. The first-order valence-electron chi connectivity index (χ1n) is 5.59. The first-order chi connectivity index (χ1) is 7.98. The number of nitrogens with two attached hydrogens (primary N) is 1. The van der Waals surface area contributed by atoms with E-state index in [2.05, 4.69) is 5.32 Å². The minimum atomic E-state index is -0.394. The first-order valence-corrected chi connectivity index (χ1v) is 5.59. The lowest BCUT2D eigenvalue weighted by molar-refractivity contribution is 0.0915. The summed E-state index contributed by atoms with van der Waals surface area (Å²) in [6, 6.07) is 7.37. The number of amides is 1. The fourth-order valence-electron chi connectivity index (χ4n) is 1.40. The molecule has 102 valence electrons. The molecule has 1 amide bonds. The van der Waals surface area contributed by atoms with E-state index >= 15 is 0 Å². The molecule has 0 aliphatic heterocycles. The van der Waals surface area contributed by atoms with Gasteiger partial charge in [-0.15, -0.1) is 12.4 Å². The Morgan fingerprint density at radius 1 is 1.44 bits per heavy atom. The summed E-state index contributed by atoms with van der Waals surface area (Å²) in [6.45, 7) is 4.69. The van der Waals surface area contributed by atoms with Crippen molar-refractivity contribution in [3.63, 3.8) is 0 Å². The summed E-state index contributed by atoms with van der Waals surface area (Å²) in [4.78, 5) is 12.0. The lowest BCUT2D eigenvalue weighted by atomic mass is 10.0. The zero-order chi connectivity index (χ0) is 12.9. The van der Waals surface area contributed by atoms with Crippen LogP contribution in [0.4, 0.5) is 0 Å². The Balaban J connectivity index is 0.00000289. The van der Waals surface area contributed by atoms with Gasteiger partial charge in [-0.3, -0.25) is 4.79 Å². The fraction of sp³-hybridized carbons (Fsp3) is 0.462. The maximum absolute atomic E-state index is 12.0. The lowest BCUT2D eigenvalue weighted by Gasteiger charge is -2.24. The summed E-state index contributed by atoms with van der Waals surface area (Å²) in [5, 5.41) is 2.89. The molecule has 0 heterocycles. The van der Waals surface area contributed by atoms with Crippen molar-refractivity contribution >= 4 is 18.3 Å². The molecular weight excluding hydrogens is 252 g/mol. The van der Waals surface area contributed by atoms with E-state index in [-0.39, 0.29) is 18.3 Å². The molecular formula is C13H21ClN2O2. The number of methoxy groups -OCH3 is 1. The Labute approximate surface area is 114 Å². The number of ether oxygens (including phenoxy) is 1. The molecule has 3 N–H and O–H groups in total. The summed E-state index contributed by atoms with van der Waals surface area (Å²) < 4.78 is 5.03. The molecule has 0 aromatic heterocycles. The second-order valence-corrected chi connectivity index (χ2v) is 4.68. The normalized spacial score (nSPS) is 10.7. The van der Waals surface area contributed by atoms with Crippen LogP contribution in [0.1, 0.15) is 29.8 Å². The third kappa shape index (κ3) is 5.04. The number of carbonyl (C=O) groups excluding carboxylic acids is 1. The van der Waals surface area contributed by atoms with Crippen LogP contribution >= 0.6 is 12.4 Å². The van der Waals surface area contributed by atoms with Crippen LogP contribution in [0.25, 0.3) is 0 Å². The summed E-state index contributed by atoms with van der Waals surface area (Å²) in [5.41, 5.74) is 6.78. The number of nitrogens with one attached hydrogen (secondary N) is 1. The molecule has 1 aromatic carbocycles. The third-order valence-corrected chi connectivity index (χ3v) is 2.46. The summed E-state index contributed by atoms with van der Waals surface area (Å²) >= 11 is 0. The Hall–Kier alpha value is -1.10. The molecule has 0 bridgehead atoms. The van der Waals surface area contributed by atoms with Crippen LogP contribution in [-0.4, -0.2) is 25.1 Å². The van der Waals surface area contributed by atoms with Crippen molar-refractivity contribution in [3.8, 4) is 0 Å². The van der Waals surface area contributed by atoms with Crippen molar-refractivity contribution in [2.45, 2.75) is 26.0 Å². The highest BCUT2D eigenvalue weighted by atomic mass is 35.5. The van der Waals surface area contributed by atoms with Gasteiger partial charge in [0.15, 0.2) is 0 Å². The van der Waals surface area contributed by atoms with E-state index in [9.17, 15) is 4.79 Å². The maximum Gasteiger partial charge on any atom is 0.251 e. The van der Waals surface area contributed by atoms with Gasteiger partial charge in [0, 0.05) is 24.8 Å². The van der Waals surface area contributed by atoms with Gasteiger partial charge in [-0.2, -0.15) is 0 Å². The van der Waals surface area contributed by atoms with Crippen LogP contribution in [-0.2, 0) is 11.3 Å². The molecule has 1 rings (SSSR count). The topological polar surface area (TPSA) is 64.3 Å². The van der Waals surface area contributed by atoms with E-state index < -0.39 is 5.54 Å². The van der Waals surface area contributed by atoms with Crippen LogP contribution in [0.5, 0.6) is 0 Å². The van der Waals surface area contributed by atoms with Gasteiger partial charge in [0.2, 0.25) is 0 Å². The van der Waals surface area contributed by atoms with Crippen molar-refractivity contribution in [1.29, 1.82) is 0 Å². The molecule has 18 heavy (non-hydrogen) atoms. The molecule has 5 heteroatoms. The number of benzene rings is 1. The van der Waals surface area contributed by atoms with Crippen LogP contribution in [0.2, 0.25) is 0 Å². The number of carbonyl (C=O) groups is 1. The molecule has 0 atom stereocenters. The maximum atomic E-state index is 12.0. The molecule has 0 aliphatic rings. The monoisotopic (exact) mass is 272 g/mol. The Morgan fingerprint density at radius 2 is 2.11 bits per heavy atom. The van der Waals surface area contributed by atoms with Crippen LogP contribution < -0.4 is 11.1 Å². The average molecular weight is 273 g/mol. The molecule has 0 radical (unpaired) electrons. The minimum Gasteiger partial charge on any atom is -0.380 e. The molecule has 0 aliphatic carbocycles. The predicted octanol–water partition coefficient (Wildman–Crippen LogP) is 1.72. The van der Waals surface area contributed by atoms with E-state index in [1.807, 2.05) is 32.0 Å². The highest BCUT2D eigenvalue weighted by Gasteiger charge is 2.19. The second kappa shape index (κ2) is 7.36. The fourth-order valence-corrected chi connectivity index (χ4v) is 1.40. The van der Waals surface area contributed by atoms with Crippen LogP contribution in [0, 0.1) is 0 Å². The van der Waals surface area contributed by atoms with E-state index in [1.165, 1.54) is 0 Å². The zero-order valence-electron chi connectivity index (χ0n) is 11.0. The molecule has 0 saturated heterocycles. The lowest BCUT2D eigenvalue weighted by Crippen LogP contribution is -2.48. The van der Waals surface area contributed by atoms with Crippen molar-refractivity contribution in [1.82, 2.24) is 5.32 Å². The second-order valence-electron chi connectivity index (χ2n) is 4.68. The summed E-state index contributed by atoms with van der Waals surface area (Å²) in [7, 11) is 1.63. The van der Waals surface area contributed by atoms with Gasteiger partial charge in [-0.25, -0.2) is 0 Å². The summed E-state index contributed by atoms with van der Waals surface area (Å²) in [5.74, 6) is -0.113. The van der Waals surface area contributed by atoms with E-state index in [1.54, 1.807) is 13.2 Å². The largest absolute Gasteiger partial charge is 0.380 e. The van der Waals surface area contributed by atoms with E-state index in [0.29, 0.717) is 18.7 Å². The Kier molecular flexibility index (Phi) is 6.91. The molecule has 1 aromatic rings. The van der Waals surface area contributed by atoms with Crippen molar-refractivity contribution < 1.29 is 9.53 Å².